The number of amides is 2. The predicted molar refractivity (Wildman–Crippen MR) is 120 cm³/mol. The van der Waals surface area contributed by atoms with Gasteiger partial charge in [0.15, 0.2) is 5.78 Å². The number of imide groups is 1. The molecule has 2 aromatic rings. The molecule has 2 heterocycles. The molecule has 0 spiro atoms. The van der Waals surface area contributed by atoms with Crippen LogP contribution in [0.15, 0.2) is 53.4 Å². The van der Waals surface area contributed by atoms with Crippen LogP contribution < -0.4 is 4.90 Å². The Balaban J connectivity index is 1.62. The largest absolute Gasteiger partial charge is 0.378 e. The maximum absolute atomic E-state index is 12.9. The van der Waals surface area contributed by atoms with E-state index in [-0.39, 0.29) is 22.9 Å². The van der Waals surface area contributed by atoms with Crippen LogP contribution in [0.3, 0.4) is 0 Å². The van der Waals surface area contributed by atoms with Crippen molar-refractivity contribution in [3.8, 4) is 0 Å². The Labute approximate surface area is 187 Å². The molecule has 0 saturated carbocycles. The summed E-state index contributed by atoms with van der Waals surface area (Å²) in [4.78, 5) is 51.6. The van der Waals surface area contributed by atoms with Gasteiger partial charge < -0.3 is 9.64 Å². The number of thioether (sulfide) groups is 1. The van der Waals surface area contributed by atoms with Gasteiger partial charge in [-0.1, -0.05) is 30.3 Å². The molecule has 32 heavy (non-hydrogen) atoms. The Kier molecular flexibility index (Phi) is 6.33. The smallest absolute Gasteiger partial charge is 0.293 e. The number of Topliss-reactive ketones (excluding diaryl/α,β-unsaturated/α-hetero) is 1. The number of rotatable bonds is 6. The zero-order valence-corrected chi connectivity index (χ0v) is 17.7. The van der Waals surface area contributed by atoms with Crippen LogP contribution in [0.5, 0.6) is 0 Å². The monoisotopic (exact) mass is 453 g/mol. The average Bonchev–Trinajstić information content (AvgIpc) is 3.07. The molecule has 164 valence electrons. The van der Waals surface area contributed by atoms with Crippen LogP contribution >= 0.6 is 11.8 Å². The molecule has 2 aromatic carbocycles. The minimum Gasteiger partial charge on any atom is -0.378 e. The number of hydrogen-bond donors (Lipinski definition) is 0. The normalized spacial score (nSPS) is 17.8. The summed E-state index contributed by atoms with van der Waals surface area (Å²) in [5.41, 5.74) is 1.46. The van der Waals surface area contributed by atoms with Crippen LogP contribution in [0.4, 0.5) is 16.2 Å². The van der Waals surface area contributed by atoms with Gasteiger partial charge in [-0.3, -0.25) is 29.4 Å². The Morgan fingerprint density at radius 2 is 1.84 bits per heavy atom. The van der Waals surface area contributed by atoms with Gasteiger partial charge >= 0.3 is 0 Å². The predicted octanol–water partition coefficient (Wildman–Crippen LogP) is 3.35. The first-order valence-corrected chi connectivity index (χ1v) is 10.7. The molecule has 0 bridgehead atoms. The van der Waals surface area contributed by atoms with Gasteiger partial charge in [0.25, 0.3) is 16.8 Å². The van der Waals surface area contributed by atoms with Crippen molar-refractivity contribution in [3.63, 3.8) is 0 Å². The van der Waals surface area contributed by atoms with Crippen molar-refractivity contribution >= 4 is 46.1 Å². The molecular formula is C22H19N3O6S. The third-order valence-electron chi connectivity index (χ3n) is 5.13. The molecule has 0 aromatic heterocycles. The number of carbonyl (C=O) groups excluding carboxylic acids is 3. The van der Waals surface area contributed by atoms with Gasteiger partial charge in [0, 0.05) is 42.0 Å². The number of morpholine rings is 1. The van der Waals surface area contributed by atoms with Crippen LogP contribution in [-0.4, -0.2) is 59.6 Å². The molecule has 4 rings (SSSR count). The molecule has 0 atom stereocenters. The number of hydrogen-bond acceptors (Lipinski definition) is 8. The van der Waals surface area contributed by atoms with E-state index in [9.17, 15) is 24.5 Å². The highest BCUT2D eigenvalue weighted by Crippen LogP contribution is 2.35. The molecule has 9 nitrogen and oxygen atoms in total. The van der Waals surface area contributed by atoms with Crippen molar-refractivity contribution < 1.29 is 24.0 Å². The lowest BCUT2D eigenvalue weighted by Gasteiger charge is -2.30. The summed E-state index contributed by atoms with van der Waals surface area (Å²) in [5, 5.41) is 10.7. The van der Waals surface area contributed by atoms with E-state index in [2.05, 4.69) is 0 Å². The molecule has 2 aliphatic rings. The maximum atomic E-state index is 12.9. The van der Waals surface area contributed by atoms with Gasteiger partial charge in [0.05, 0.1) is 29.6 Å². The summed E-state index contributed by atoms with van der Waals surface area (Å²) < 4.78 is 5.37. The third-order valence-corrected chi connectivity index (χ3v) is 6.04. The highest BCUT2D eigenvalue weighted by atomic mass is 32.2. The number of non-ortho nitro benzene ring substituents is 1. The Morgan fingerprint density at radius 3 is 2.53 bits per heavy atom. The summed E-state index contributed by atoms with van der Waals surface area (Å²) in [6.45, 7) is 1.89. The van der Waals surface area contributed by atoms with Crippen molar-refractivity contribution in [3.05, 3.63) is 74.7 Å². The molecule has 0 aliphatic carbocycles. The summed E-state index contributed by atoms with van der Waals surface area (Å²) >= 11 is 0.717. The average molecular weight is 453 g/mol. The maximum Gasteiger partial charge on any atom is 0.293 e. The lowest BCUT2D eigenvalue weighted by atomic mass is 10.1. The number of ketones is 1. The van der Waals surface area contributed by atoms with Gasteiger partial charge in [0.2, 0.25) is 0 Å². The lowest BCUT2D eigenvalue weighted by Crippen LogP contribution is -2.36. The number of nitro groups is 1. The van der Waals surface area contributed by atoms with Crippen LogP contribution in [0.25, 0.3) is 6.08 Å². The standard InChI is InChI=1S/C22H19N3O6S/c26-19(15-4-2-1-3-5-15)14-24-21(27)20(32-22(24)28)13-16-12-17(25(29)30)6-7-18(16)23-8-10-31-11-9-23/h1-7,12-13H,8-11,14H2/b20-13-. The van der Waals surface area contributed by atoms with Crippen molar-refractivity contribution in [1.82, 2.24) is 4.90 Å². The SMILES string of the molecule is O=C(CN1C(=O)S/C(=C\c2cc([N+](=O)[O-])ccc2N2CCOCC2)C1=O)c1ccccc1. The van der Waals surface area contributed by atoms with E-state index in [1.165, 1.54) is 18.2 Å². The number of benzene rings is 2. The minimum absolute atomic E-state index is 0.117. The summed E-state index contributed by atoms with van der Waals surface area (Å²) in [7, 11) is 0. The second kappa shape index (κ2) is 9.33. The highest BCUT2D eigenvalue weighted by molar-refractivity contribution is 8.18. The molecule has 2 aliphatic heterocycles. The van der Waals surface area contributed by atoms with Crippen molar-refractivity contribution in [1.29, 1.82) is 0 Å². The first kappa shape index (κ1) is 21.7. The fourth-order valence-corrected chi connectivity index (χ4v) is 4.33. The van der Waals surface area contributed by atoms with E-state index in [0.717, 1.165) is 4.90 Å². The molecule has 0 unspecified atom stereocenters. The second-order valence-corrected chi connectivity index (χ2v) is 8.15. The van der Waals surface area contributed by atoms with Crippen LogP contribution in [-0.2, 0) is 9.53 Å². The Hall–Kier alpha value is -3.50. The van der Waals surface area contributed by atoms with Gasteiger partial charge in [-0.2, -0.15) is 0 Å². The summed E-state index contributed by atoms with van der Waals surface area (Å²) in [6.07, 6.45) is 1.48. The van der Waals surface area contributed by atoms with Crippen LogP contribution in [0, 0.1) is 10.1 Å². The molecule has 10 heteroatoms. The lowest BCUT2D eigenvalue weighted by molar-refractivity contribution is -0.384. The first-order chi connectivity index (χ1) is 15.4. The number of ether oxygens (including phenoxy) is 1. The Morgan fingerprint density at radius 1 is 1.12 bits per heavy atom. The number of carbonyl (C=O) groups is 3. The molecule has 0 radical (unpaired) electrons. The molecular weight excluding hydrogens is 434 g/mol. The summed E-state index contributed by atoms with van der Waals surface area (Å²) in [6, 6.07) is 12.8. The van der Waals surface area contributed by atoms with Crippen LogP contribution in [0.2, 0.25) is 0 Å². The fraction of sp³-hybridized carbons (Fsp3) is 0.227. The Bertz CT molecular complexity index is 1110. The first-order valence-electron chi connectivity index (χ1n) is 9.89. The van der Waals surface area contributed by atoms with E-state index in [0.29, 0.717) is 54.9 Å². The second-order valence-electron chi connectivity index (χ2n) is 7.16. The molecule has 0 N–H and O–H groups in total. The van der Waals surface area contributed by atoms with Gasteiger partial charge in [0.1, 0.15) is 0 Å². The number of anilines is 1. The van der Waals surface area contributed by atoms with E-state index in [1.54, 1.807) is 36.4 Å². The van der Waals surface area contributed by atoms with E-state index in [1.807, 2.05) is 4.90 Å². The van der Waals surface area contributed by atoms with Gasteiger partial charge in [-0.05, 0) is 23.9 Å². The zero-order chi connectivity index (χ0) is 22.7. The van der Waals surface area contributed by atoms with Gasteiger partial charge in [-0.15, -0.1) is 0 Å². The molecule has 2 amide bonds. The van der Waals surface area contributed by atoms with E-state index >= 15 is 0 Å². The molecule has 2 fully saturated rings. The quantitative estimate of drug-likeness (QED) is 0.283. The zero-order valence-electron chi connectivity index (χ0n) is 16.9. The van der Waals surface area contributed by atoms with E-state index < -0.39 is 16.1 Å². The summed E-state index contributed by atoms with van der Waals surface area (Å²) in [5.74, 6) is -0.942. The molecule has 2 saturated heterocycles. The minimum atomic E-state index is -0.594. The number of nitrogens with zero attached hydrogens (tertiary/aromatic N) is 3. The van der Waals surface area contributed by atoms with Crippen LogP contribution in [0.1, 0.15) is 15.9 Å². The third kappa shape index (κ3) is 4.56. The fourth-order valence-electron chi connectivity index (χ4n) is 3.50. The van der Waals surface area contributed by atoms with Gasteiger partial charge in [-0.25, -0.2) is 0 Å². The van der Waals surface area contributed by atoms with Crippen molar-refractivity contribution in [2.45, 2.75) is 0 Å². The van der Waals surface area contributed by atoms with Crippen molar-refractivity contribution in [2.24, 2.45) is 0 Å². The topological polar surface area (TPSA) is 110 Å². The van der Waals surface area contributed by atoms with E-state index in [4.69, 9.17) is 4.74 Å². The highest BCUT2D eigenvalue weighted by Gasteiger charge is 2.36. The number of nitro benzene ring substituents is 1. The van der Waals surface area contributed by atoms with Crippen molar-refractivity contribution in [2.75, 3.05) is 37.7 Å².